The Bertz CT molecular complexity index is 386. The highest BCUT2D eigenvalue weighted by Crippen LogP contribution is 2.66. The molecule has 0 radical (unpaired) electrons. The second-order valence-corrected chi connectivity index (χ2v) is 7.17. The van der Waals surface area contributed by atoms with Crippen LogP contribution in [0.4, 0.5) is 0 Å². The summed E-state index contributed by atoms with van der Waals surface area (Å²) in [4.78, 5) is 0. The summed E-state index contributed by atoms with van der Waals surface area (Å²) in [5.74, 6) is 0.961. The minimum Gasteiger partial charge on any atom is -0.396 e. The van der Waals surface area contributed by atoms with E-state index in [1.807, 2.05) is 0 Å². The first kappa shape index (κ1) is 11.7. The molecule has 0 aromatic rings. The van der Waals surface area contributed by atoms with Crippen LogP contribution in [-0.4, -0.2) is 22.9 Å². The number of aliphatic hydroxyl groups is 2. The van der Waals surface area contributed by atoms with E-state index in [1.54, 1.807) is 0 Å². The zero-order valence-corrected chi connectivity index (χ0v) is 11.2. The van der Waals surface area contributed by atoms with Crippen molar-refractivity contribution in [3.05, 3.63) is 11.1 Å². The predicted octanol–water partition coefficient (Wildman–Crippen LogP) is 2.50. The molecular formula is C15H24O2. The van der Waals surface area contributed by atoms with Crippen LogP contribution >= 0.6 is 0 Å². The van der Waals surface area contributed by atoms with Gasteiger partial charge in [0.2, 0.25) is 0 Å². The second-order valence-electron chi connectivity index (χ2n) is 7.17. The van der Waals surface area contributed by atoms with Gasteiger partial charge in [0.05, 0.1) is 6.10 Å². The van der Waals surface area contributed by atoms with Gasteiger partial charge in [-0.2, -0.15) is 0 Å². The Labute approximate surface area is 104 Å². The maximum absolute atomic E-state index is 10.5. The number of hydrogen-bond acceptors (Lipinski definition) is 2. The molecule has 0 amide bonds. The van der Waals surface area contributed by atoms with Crippen LogP contribution in [-0.2, 0) is 0 Å². The molecule has 3 aliphatic carbocycles. The second kappa shape index (κ2) is 3.36. The third-order valence-electron chi connectivity index (χ3n) is 6.07. The largest absolute Gasteiger partial charge is 0.396 e. The molecule has 0 aliphatic heterocycles. The van der Waals surface area contributed by atoms with Gasteiger partial charge < -0.3 is 10.2 Å². The number of fused-ring (bicyclic) bond motifs is 3. The molecule has 0 spiro atoms. The molecule has 0 unspecified atom stereocenters. The van der Waals surface area contributed by atoms with E-state index in [-0.39, 0.29) is 18.1 Å². The van der Waals surface area contributed by atoms with Gasteiger partial charge in [-0.25, -0.2) is 0 Å². The maximum Gasteiger partial charge on any atom is 0.0781 e. The molecule has 0 aromatic carbocycles. The number of rotatable bonds is 1. The molecule has 2 heteroatoms. The Morgan fingerprint density at radius 3 is 2.53 bits per heavy atom. The molecule has 3 aliphatic rings. The van der Waals surface area contributed by atoms with E-state index in [2.05, 4.69) is 20.8 Å². The third-order valence-corrected chi connectivity index (χ3v) is 6.07. The Kier molecular flexibility index (Phi) is 2.32. The van der Waals surface area contributed by atoms with Crippen LogP contribution in [0.15, 0.2) is 11.1 Å². The van der Waals surface area contributed by atoms with Crippen LogP contribution in [0.2, 0.25) is 0 Å². The first-order valence-electron chi connectivity index (χ1n) is 6.90. The summed E-state index contributed by atoms with van der Waals surface area (Å²) in [6, 6.07) is 0. The van der Waals surface area contributed by atoms with Crippen molar-refractivity contribution in [1.82, 2.24) is 0 Å². The summed E-state index contributed by atoms with van der Waals surface area (Å²) >= 11 is 0. The summed E-state index contributed by atoms with van der Waals surface area (Å²) < 4.78 is 0. The summed E-state index contributed by atoms with van der Waals surface area (Å²) in [6.45, 7) is 6.93. The molecule has 3 rings (SSSR count). The fourth-order valence-corrected chi connectivity index (χ4v) is 4.84. The number of hydrogen-bond donors (Lipinski definition) is 2. The molecule has 0 saturated heterocycles. The molecule has 2 N–H and O–H groups in total. The van der Waals surface area contributed by atoms with Gasteiger partial charge in [-0.05, 0) is 60.8 Å². The lowest BCUT2D eigenvalue weighted by Gasteiger charge is -2.54. The molecular weight excluding hydrogens is 212 g/mol. The van der Waals surface area contributed by atoms with Crippen molar-refractivity contribution in [3.63, 3.8) is 0 Å². The lowest BCUT2D eigenvalue weighted by molar-refractivity contribution is 0.0180. The molecule has 96 valence electrons. The lowest BCUT2D eigenvalue weighted by Crippen LogP contribution is -2.48. The van der Waals surface area contributed by atoms with E-state index in [0.29, 0.717) is 17.3 Å². The summed E-state index contributed by atoms with van der Waals surface area (Å²) in [6.07, 6.45) is 4.26. The molecule has 17 heavy (non-hydrogen) atoms. The fourth-order valence-electron chi connectivity index (χ4n) is 4.84. The SMILES string of the molecule is CC1=C2CC[C@]2(C)[C@H]2C[C@@](C)(CO)C[C@H]2[C@@H]1O. The van der Waals surface area contributed by atoms with E-state index in [0.717, 1.165) is 12.8 Å². The van der Waals surface area contributed by atoms with Crippen molar-refractivity contribution < 1.29 is 10.2 Å². The highest BCUT2D eigenvalue weighted by atomic mass is 16.3. The van der Waals surface area contributed by atoms with Crippen molar-refractivity contribution in [2.45, 2.75) is 52.6 Å². The fraction of sp³-hybridized carbons (Fsp3) is 0.867. The molecule has 0 heterocycles. The van der Waals surface area contributed by atoms with Gasteiger partial charge in [0, 0.05) is 6.61 Å². The van der Waals surface area contributed by atoms with Gasteiger partial charge in [-0.3, -0.25) is 0 Å². The predicted molar refractivity (Wildman–Crippen MR) is 67.5 cm³/mol. The summed E-state index contributed by atoms with van der Waals surface area (Å²) in [5, 5.41) is 20.1. The van der Waals surface area contributed by atoms with Gasteiger partial charge in [-0.1, -0.05) is 19.4 Å². The standard InChI is InChI=1S/C15H24O2/c1-9-11-4-5-15(11,3)12-7-14(2,8-16)6-10(12)13(9)17/h10,12-13,16-17H,4-8H2,1-3H3/t10-,12+,13-,14+,15+/m1/s1. The summed E-state index contributed by atoms with van der Waals surface area (Å²) in [7, 11) is 0. The lowest BCUT2D eigenvalue weighted by atomic mass is 9.51. The minimum atomic E-state index is -0.253. The quantitative estimate of drug-likeness (QED) is 0.687. The maximum atomic E-state index is 10.5. The van der Waals surface area contributed by atoms with Gasteiger partial charge >= 0.3 is 0 Å². The van der Waals surface area contributed by atoms with Crippen LogP contribution in [0.5, 0.6) is 0 Å². The molecule has 2 nitrogen and oxygen atoms in total. The van der Waals surface area contributed by atoms with E-state index >= 15 is 0 Å². The van der Waals surface area contributed by atoms with Crippen molar-refractivity contribution in [2.24, 2.45) is 22.7 Å². The van der Waals surface area contributed by atoms with Crippen LogP contribution < -0.4 is 0 Å². The van der Waals surface area contributed by atoms with E-state index in [1.165, 1.54) is 24.0 Å². The van der Waals surface area contributed by atoms with Crippen molar-refractivity contribution in [2.75, 3.05) is 6.61 Å². The highest BCUT2D eigenvalue weighted by Gasteiger charge is 2.59. The normalized spacial score (nSPS) is 53.1. The van der Waals surface area contributed by atoms with Gasteiger partial charge in [0.15, 0.2) is 0 Å². The first-order chi connectivity index (χ1) is 7.91. The topological polar surface area (TPSA) is 40.5 Å². The van der Waals surface area contributed by atoms with Gasteiger partial charge in [0.25, 0.3) is 0 Å². The Morgan fingerprint density at radius 2 is 2.00 bits per heavy atom. The molecule has 2 saturated carbocycles. The van der Waals surface area contributed by atoms with Gasteiger partial charge in [-0.15, -0.1) is 0 Å². The van der Waals surface area contributed by atoms with Crippen LogP contribution in [0.1, 0.15) is 46.5 Å². The smallest absolute Gasteiger partial charge is 0.0781 e. The number of allylic oxidation sites excluding steroid dienone is 1. The van der Waals surface area contributed by atoms with Crippen molar-refractivity contribution in [1.29, 1.82) is 0 Å². The average Bonchev–Trinajstić information content (AvgIpc) is 2.64. The molecule has 2 fully saturated rings. The van der Waals surface area contributed by atoms with Crippen molar-refractivity contribution >= 4 is 0 Å². The van der Waals surface area contributed by atoms with E-state index in [9.17, 15) is 10.2 Å². The van der Waals surface area contributed by atoms with E-state index in [4.69, 9.17) is 0 Å². The monoisotopic (exact) mass is 236 g/mol. The van der Waals surface area contributed by atoms with Crippen molar-refractivity contribution in [3.8, 4) is 0 Å². The molecule has 0 aromatic heterocycles. The third kappa shape index (κ3) is 1.34. The highest BCUT2D eigenvalue weighted by molar-refractivity contribution is 5.36. The zero-order valence-electron chi connectivity index (χ0n) is 11.2. The Balaban J connectivity index is 2.00. The average molecular weight is 236 g/mol. The zero-order chi connectivity index (χ0) is 12.4. The van der Waals surface area contributed by atoms with Crippen LogP contribution in [0.25, 0.3) is 0 Å². The van der Waals surface area contributed by atoms with Crippen LogP contribution in [0.3, 0.4) is 0 Å². The summed E-state index contributed by atoms with van der Waals surface area (Å²) in [5.41, 5.74) is 3.13. The molecule has 5 atom stereocenters. The van der Waals surface area contributed by atoms with E-state index < -0.39 is 0 Å². The number of aliphatic hydroxyl groups excluding tert-OH is 2. The molecule has 0 bridgehead atoms. The van der Waals surface area contributed by atoms with Crippen LogP contribution in [0, 0.1) is 22.7 Å². The first-order valence-corrected chi connectivity index (χ1v) is 6.90. The minimum absolute atomic E-state index is 0.0324. The Hall–Kier alpha value is -0.340. The van der Waals surface area contributed by atoms with Gasteiger partial charge in [0.1, 0.15) is 0 Å². The Morgan fingerprint density at radius 1 is 1.29 bits per heavy atom.